The van der Waals surface area contributed by atoms with Gasteiger partial charge in [0.2, 0.25) is 0 Å². The first-order valence-corrected chi connectivity index (χ1v) is 5.72. The maximum Gasteiger partial charge on any atom is 0.297 e. The first kappa shape index (κ1) is 10.1. The minimum atomic E-state index is -3.70. The van der Waals surface area contributed by atoms with Gasteiger partial charge in [-0.1, -0.05) is 30.3 Å². The number of rotatable bonds is 2. The van der Waals surface area contributed by atoms with Gasteiger partial charge in [0, 0.05) is 0 Å². The van der Waals surface area contributed by atoms with Crippen LogP contribution in [0.25, 0.3) is 10.8 Å². The van der Waals surface area contributed by atoms with E-state index in [1.165, 1.54) is 6.07 Å². The molecule has 0 unspecified atom stereocenters. The van der Waals surface area contributed by atoms with Crippen LogP contribution in [0.1, 0.15) is 0 Å². The molecule has 0 fully saturated rings. The first-order chi connectivity index (χ1) is 7.13. The Balaban J connectivity index is 2.67. The van der Waals surface area contributed by atoms with Gasteiger partial charge in [-0.15, -0.1) is 0 Å². The summed E-state index contributed by atoms with van der Waals surface area (Å²) >= 11 is 0. The van der Waals surface area contributed by atoms with Crippen molar-refractivity contribution in [1.29, 1.82) is 0 Å². The SMILES string of the molecule is [CH2]OS(=O)(=O)c1ccc2ccccc2c1. The fourth-order valence-corrected chi connectivity index (χ4v) is 2.03. The third-order valence-corrected chi connectivity index (χ3v) is 3.31. The molecule has 0 N–H and O–H groups in total. The molecule has 77 valence electrons. The lowest BCUT2D eigenvalue weighted by molar-refractivity contribution is 0.438. The molecule has 0 aromatic heterocycles. The van der Waals surface area contributed by atoms with Crippen LogP contribution in [0.2, 0.25) is 0 Å². The molecule has 2 aromatic carbocycles. The predicted octanol–water partition coefficient (Wildman–Crippen LogP) is 2.34. The zero-order valence-electron chi connectivity index (χ0n) is 7.88. The van der Waals surface area contributed by atoms with Crippen LogP contribution in [0.3, 0.4) is 0 Å². The molecule has 0 heterocycles. The van der Waals surface area contributed by atoms with Crippen molar-refractivity contribution < 1.29 is 12.6 Å². The fourth-order valence-electron chi connectivity index (χ4n) is 1.39. The van der Waals surface area contributed by atoms with E-state index in [4.69, 9.17) is 0 Å². The van der Waals surface area contributed by atoms with E-state index in [2.05, 4.69) is 11.3 Å². The van der Waals surface area contributed by atoms with E-state index < -0.39 is 10.1 Å². The van der Waals surface area contributed by atoms with Crippen molar-refractivity contribution in [3.05, 3.63) is 49.6 Å². The van der Waals surface area contributed by atoms with Crippen molar-refractivity contribution in [1.82, 2.24) is 0 Å². The Hall–Kier alpha value is -1.39. The summed E-state index contributed by atoms with van der Waals surface area (Å²) in [6.45, 7) is 0. The molecule has 2 rings (SSSR count). The van der Waals surface area contributed by atoms with Crippen molar-refractivity contribution in [2.75, 3.05) is 0 Å². The van der Waals surface area contributed by atoms with Gasteiger partial charge in [-0.3, -0.25) is 4.18 Å². The Morgan fingerprint density at radius 3 is 2.33 bits per heavy atom. The van der Waals surface area contributed by atoms with Gasteiger partial charge in [-0.05, 0) is 22.9 Å². The predicted molar refractivity (Wildman–Crippen MR) is 57.6 cm³/mol. The van der Waals surface area contributed by atoms with Gasteiger partial charge in [0.1, 0.15) is 0 Å². The number of fused-ring (bicyclic) bond motifs is 1. The van der Waals surface area contributed by atoms with Crippen LogP contribution in [0, 0.1) is 7.11 Å². The molecule has 0 saturated heterocycles. The van der Waals surface area contributed by atoms with Crippen molar-refractivity contribution in [3.63, 3.8) is 0 Å². The zero-order chi connectivity index (χ0) is 10.9. The summed E-state index contributed by atoms with van der Waals surface area (Å²) < 4.78 is 26.9. The van der Waals surface area contributed by atoms with Gasteiger partial charge in [-0.2, -0.15) is 8.42 Å². The van der Waals surface area contributed by atoms with Crippen molar-refractivity contribution in [2.45, 2.75) is 4.90 Å². The highest BCUT2D eigenvalue weighted by atomic mass is 32.2. The van der Waals surface area contributed by atoms with E-state index in [9.17, 15) is 8.42 Å². The quantitative estimate of drug-likeness (QED) is 0.731. The highest BCUT2D eigenvalue weighted by molar-refractivity contribution is 7.86. The summed E-state index contributed by atoms with van der Waals surface area (Å²) in [6, 6.07) is 12.3. The molecular formula is C11H9O3S. The van der Waals surface area contributed by atoms with Crippen LogP contribution in [0.4, 0.5) is 0 Å². The molecule has 4 heteroatoms. The van der Waals surface area contributed by atoms with E-state index in [1.54, 1.807) is 12.1 Å². The van der Waals surface area contributed by atoms with Crippen LogP contribution < -0.4 is 0 Å². The molecular weight excluding hydrogens is 212 g/mol. The van der Waals surface area contributed by atoms with Crippen LogP contribution in [-0.4, -0.2) is 8.42 Å². The number of hydrogen-bond donors (Lipinski definition) is 0. The lowest BCUT2D eigenvalue weighted by Crippen LogP contribution is -2.00. The molecule has 0 amide bonds. The third-order valence-electron chi connectivity index (χ3n) is 2.16. The lowest BCUT2D eigenvalue weighted by atomic mass is 10.1. The molecule has 3 nitrogen and oxygen atoms in total. The maximum atomic E-state index is 11.4. The molecule has 0 spiro atoms. The summed E-state index contributed by atoms with van der Waals surface area (Å²) in [4.78, 5) is 0.121. The molecule has 0 saturated carbocycles. The summed E-state index contributed by atoms with van der Waals surface area (Å²) in [7, 11) is -0.775. The summed E-state index contributed by atoms with van der Waals surface area (Å²) in [5, 5.41) is 1.84. The van der Waals surface area contributed by atoms with E-state index >= 15 is 0 Å². The second kappa shape index (κ2) is 3.64. The van der Waals surface area contributed by atoms with Gasteiger partial charge >= 0.3 is 0 Å². The average Bonchev–Trinajstić information content (AvgIpc) is 2.28. The van der Waals surface area contributed by atoms with Gasteiger partial charge in [0.05, 0.1) is 12.0 Å². The Bertz CT molecular complexity index is 588. The van der Waals surface area contributed by atoms with Crippen molar-refractivity contribution in [2.24, 2.45) is 0 Å². The molecule has 0 aliphatic rings. The van der Waals surface area contributed by atoms with E-state index in [0.29, 0.717) is 0 Å². The standard InChI is InChI=1S/C11H9O3S/c1-14-15(12,13)11-7-6-9-4-2-3-5-10(9)8-11/h2-8H,1H2. The van der Waals surface area contributed by atoms with E-state index in [0.717, 1.165) is 10.8 Å². The van der Waals surface area contributed by atoms with Gasteiger partial charge in [0.15, 0.2) is 0 Å². The van der Waals surface area contributed by atoms with E-state index in [-0.39, 0.29) is 4.90 Å². The Morgan fingerprint density at radius 2 is 1.67 bits per heavy atom. The van der Waals surface area contributed by atoms with E-state index in [1.807, 2.05) is 24.3 Å². The normalized spacial score (nSPS) is 11.8. The molecule has 1 radical (unpaired) electrons. The monoisotopic (exact) mass is 221 g/mol. The van der Waals surface area contributed by atoms with Crippen LogP contribution in [0.15, 0.2) is 47.4 Å². The Morgan fingerprint density at radius 1 is 1.00 bits per heavy atom. The molecule has 15 heavy (non-hydrogen) atoms. The van der Waals surface area contributed by atoms with Crippen LogP contribution in [-0.2, 0) is 14.3 Å². The summed E-state index contributed by atoms with van der Waals surface area (Å²) in [5.74, 6) is 0. The van der Waals surface area contributed by atoms with Crippen LogP contribution >= 0.6 is 0 Å². The van der Waals surface area contributed by atoms with Crippen molar-refractivity contribution in [3.8, 4) is 0 Å². The third kappa shape index (κ3) is 1.86. The second-order valence-corrected chi connectivity index (χ2v) is 4.70. The molecule has 0 aliphatic carbocycles. The average molecular weight is 221 g/mol. The lowest BCUT2D eigenvalue weighted by Gasteiger charge is -2.02. The fraction of sp³-hybridized carbons (Fsp3) is 0. The zero-order valence-corrected chi connectivity index (χ0v) is 8.70. The van der Waals surface area contributed by atoms with Crippen LogP contribution in [0.5, 0.6) is 0 Å². The first-order valence-electron chi connectivity index (χ1n) is 4.31. The largest absolute Gasteiger partial charge is 0.297 e. The Labute approximate surface area is 88.4 Å². The minimum Gasteiger partial charge on any atom is -0.264 e. The highest BCUT2D eigenvalue weighted by Gasteiger charge is 2.12. The second-order valence-electron chi connectivity index (χ2n) is 3.08. The van der Waals surface area contributed by atoms with Gasteiger partial charge in [-0.25, -0.2) is 0 Å². The molecule has 2 aromatic rings. The number of hydrogen-bond acceptors (Lipinski definition) is 3. The topological polar surface area (TPSA) is 43.4 Å². The maximum absolute atomic E-state index is 11.4. The molecule has 0 bridgehead atoms. The van der Waals surface area contributed by atoms with Crippen molar-refractivity contribution >= 4 is 20.9 Å². The van der Waals surface area contributed by atoms with Gasteiger partial charge in [0.25, 0.3) is 10.1 Å². The Kier molecular flexibility index (Phi) is 2.46. The molecule has 0 atom stereocenters. The highest BCUT2D eigenvalue weighted by Crippen LogP contribution is 2.19. The summed E-state index contributed by atoms with van der Waals surface area (Å²) in [6.07, 6.45) is 0. The number of benzene rings is 2. The minimum absolute atomic E-state index is 0.121. The smallest absolute Gasteiger partial charge is 0.264 e. The summed E-state index contributed by atoms with van der Waals surface area (Å²) in [5.41, 5.74) is 0. The molecule has 0 aliphatic heterocycles. The van der Waals surface area contributed by atoms with Gasteiger partial charge < -0.3 is 0 Å².